The number of carbonyl (C=O) groups excluding carboxylic acids is 1. The topological polar surface area (TPSA) is 51.2 Å². The zero-order chi connectivity index (χ0) is 18.9. The molecule has 1 fully saturated rings. The molecule has 1 aliphatic heterocycles. The second kappa shape index (κ2) is 10.6. The normalized spacial score (nSPS) is 20.9. The molecule has 0 saturated carbocycles. The van der Waals surface area contributed by atoms with Gasteiger partial charge in [0.15, 0.2) is 0 Å². The first kappa shape index (κ1) is 20.8. The SMILES string of the molecule is COCCN(CCOC)C(=O)c1ccc(CN2CC(C)OC(C)C2)cc1. The van der Waals surface area contributed by atoms with E-state index in [9.17, 15) is 4.79 Å². The second-order valence-electron chi connectivity index (χ2n) is 6.93. The number of benzene rings is 1. The summed E-state index contributed by atoms with van der Waals surface area (Å²) in [6, 6.07) is 7.92. The molecule has 1 amide bonds. The smallest absolute Gasteiger partial charge is 0.254 e. The summed E-state index contributed by atoms with van der Waals surface area (Å²) < 4.78 is 16.0. The van der Waals surface area contributed by atoms with Crippen LogP contribution in [0, 0.1) is 0 Å². The van der Waals surface area contributed by atoms with Crippen LogP contribution in [0.25, 0.3) is 0 Å². The molecule has 2 atom stereocenters. The zero-order valence-corrected chi connectivity index (χ0v) is 16.4. The highest BCUT2D eigenvalue weighted by atomic mass is 16.5. The van der Waals surface area contributed by atoms with Gasteiger partial charge in [-0.15, -0.1) is 0 Å². The Kier molecular flexibility index (Phi) is 8.51. The molecule has 0 radical (unpaired) electrons. The average molecular weight is 364 g/mol. The van der Waals surface area contributed by atoms with Crippen molar-refractivity contribution in [1.82, 2.24) is 9.80 Å². The van der Waals surface area contributed by atoms with Crippen LogP contribution in [-0.2, 0) is 20.8 Å². The molecule has 1 heterocycles. The maximum atomic E-state index is 12.7. The number of methoxy groups -OCH3 is 2. The monoisotopic (exact) mass is 364 g/mol. The second-order valence-corrected chi connectivity index (χ2v) is 6.93. The Labute approximate surface area is 157 Å². The van der Waals surface area contributed by atoms with E-state index in [2.05, 4.69) is 18.7 Å². The van der Waals surface area contributed by atoms with E-state index in [1.54, 1.807) is 19.1 Å². The molecule has 1 aromatic rings. The van der Waals surface area contributed by atoms with Crippen molar-refractivity contribution in [3.8, 4) is 0 Å². The van der Waals surface area contributed by atoms with Gasteiger partial charge in [0.05, 0.1) is 25.4 Å². The first-order valence-electron chi connectivity index (χ1n) is 9.27. The van der Waals surface area contributed by atoms with Gasteiger partial charge in [-0.1, -0.05) is 12.1 Å². The average Bonchev–Trinajstić information content (AvgIpc) is 2.61. The summed E-state index contributed by atoms with van der Waals surface area (Å²) in [5.74, 6) is 0.0132. The predicted molar refractivity (Wildman–Crippen MR) is 101 cm³/mol. The fraction of sp³-hybridized carbons (Fsp3) is 0.650. The Bertz CT molecular complexity index is 531. The van der Waals surface area contributed by atoms with Gasteiger partial charge in [0.1, 0.15) is 0 Å². The molecular weight excluding hydrogens is 332 g/mol. The lowest BCUT2D eigenvalue weighted by atomic mass is 10.1. The number of rotatable bonds is 9. The van der Waals surface area contributed by atoms with Crippen molar-refractivity contribution >= 4 is 5.91 Å². The Morgan fingerprint density at radius 3 is 2.12 bits per heavy atom. The molecule has 6 heteroatoms. The Balaban J connectivity index is 1.96. The van der Waals surface area contributed by atoms with Crippen LogP contribution in [-0.4, -0.2) is 81.5 Å². The number of nitrogens with zero attached hydrogens (tertiary/aromatic N) is 2. The lowest BCUT2D eigenvalue weighted by Crippen LogP contribution is -2.44. The third kappa shape index (κ3) is 6.36. The number of amides is 1. The summed E-state index contributed by atoms with van der Waals surface area (Å²) >= 11 is 0. The molecule has 0 N–H and O–H groups in total. The van der Waals surface area contributed by atoms with E-state index < -0.39 is 0 Å². The summed E-state index contributed by atoms with van der Waals surface area (Å²) in [7, 11) is 3.28. The van der Waals surface area contributed by atoms with Crippen molar-refractivity contribution in [3.63, 3.8) is 0 Å². The Morgan fingerprint density at radius 1 is 1.08 bits per heavy atom. The lowest BCUT2D eigenvalue weighted by Gasteiger charge is -2.35. The first-order chi connectivity index (χ1) is 12.5. The van der Waals surface area contributed by atoms with Crippen LogP contribution in [0.3, 0.4) is 0 Å². The molecular formula is C20H32N2O4. The van der Waals surface area contributed by atoms with Crippen molar-refractivity contribution in [2.45, 2.75) is 32.6 Å². The molecule has 0 aromatic heterocycles. The van der Waals surface area contributed by atoms with Crippen molar-refractivity contribution < 1.29 is 19.0 Å². The van der Waals surface area contributed by atoms with E-state index in [-0.39, 0.29) is 18.1 Å². The molecule has 2 unspecified atom stereocenters. The van der Waals surface area contributed by atoms with Crippen LogP contribution in [0.5, 0.6) is 0 Å². The van der Waals surface area contributed by atoms with Crippen molar-refractivity contribution in [2.24, 2.45) is 0 Å². The zero-order valence-electron chi connectivity index (χ0n) is 16.4. The molecule has 146 valence electrons. The molecule has 1 saturated heterocycles. The minimum atomic E-state index is 0.0132. The molecule has 2 rings (SSSR count). The van der Waals surface area contributed by atoms with E-state index in [4.69, 9.17) is 14.2 Å². The molecule has 0 aliphatic carbocycles. The number of hydrogen-bond donors (Lipinski definition) is 0. The van der Waals surface area contributed by atoms with Gasteiger partial charge < -0.3 is 19.1 Å². The van der Waals surface area contributed by atoms with Gasteiger partial charge in [0.2, 0.25) is 0 Å². The fourth-order valence-corrected chi connectivity index (χ4v) is 3.32. The van der Waals surface area contributed by atoms with E-state index in [0.717, 1.165) is 19.6 Å². The van der Waals surface area contributed by atoms with E-state index in [1.807, 2.05) is 24.3 Å². The predicted octanol–water partition coefficient (Wildman–Crippen LogP) is 2.03. The molecule has 0 bridgehead atoms. The van der Waals surface area contributed by atoms with Gasteiger partial charge in [0.25, 0.3) is 5.91 Å². The van der Waals surface area contributed by atoms with Gasteiger partial charge >= 0.3 is 0 Å². The van der Waals surface area contributed by atoms with Crippen molar-refractivity contribution in [2.75, 3.05) is 53.6 Å². The summed E-state index contributed by atoms with van der Waals surface area (Å²) in [4.78, 5) is 16.9. The third-order valence-electron chi connectivity index (χ3n) is 4.52. The van der Waals surface area contributed by atoms with E-state index >= 15 is 0 Å². The highest BCUT2D eigenvalue weighted by Gasteiger charge is 2.22. The number of carbonyl (C=O) groups is 1. The molecule has 6 nitrogen and oxygen atoms in total. The summed E-state index contributed by atoms with van der Waals surface area (Å²) in [5.41, 5.74) is 1.91. The van der Waals surface area contributed by atoms with Crippen LogP contribution in [0.15, 0.2) is 24.3 Å². The van der Waals surface area contributed by atoms with Gasteiger partial charge in [-0.2, -0.15) is 0 Å². The van der Waals surface area contributed by atoms with Crippen LogP contribution in [0.2, 0.25) is 0 Å². The quantitative estimate of drug-likeness (QED) is 0.671. The Hall–Kier alpha value is -1.47. The standard InChI is InChI=1S/C20H32N2O4/c1-16-13-21(14-17(2)26-16)15-18-5-7-19(8-6-18)20(23)22(9-11-24-3)10-12-25-4/h5-8,16-17H,9-15H2,1-4H3. The van der Waals surface area contributed by atoms with Crippen LogP contribution in [0.4, 0.5) is 0 Å². The highest BCUT2D eigenvalue weighted by Crippen LogP contribution is 2.15. The lowest BCUT2D eigenvalue weighted by molar-refractivity contribution is -0.0704. The summed E-state index contributed by atoms with van der Waals surface area (Å²) in [6.45, 7) is 9.12. The van der Waals surface area contributed by atoms with Gasteiger partial charge in [-0.25, -0.2) is 0 Å². The summed E-state index contributed by atoms with van der Waals surface area (Å²) in [6.07, 6.45) is 0.518. The molecule has 1 aromatic carbocycles. The van der Waals surface area contributed by atoms with Crippen molar-refractivity contribution in [1.29, 1.82) is 0 Å². The first-order valence-corrected chi connectivity index (χ1v) is 9.27. The summed E-state index contributed by atoms with van der Waals surface area (Å²) in [5, 5.41) is 0. The number of ether oxygens (including phenoxy) is 3. The molecule has 26 heavy (non-hydrogen) atoms. The molecule has 0 spiro atoms. The van der Waals surface area contributed by atoms with Crippen LogP contribution < -0.4 is 0 Å². The maximum absolute atomic E-state index is 12.7. The van der Waals surface area contributed by atoms with Crippen LogP contribution in [0.1, 0.15) is 29.8 Å². The van der Waals surface area contributed by atoms with E-state index in [0.29, 0.717) is 31.9 Å². The van der Waals surface area contributed by atoms with Gasteiger partial charge in [-0.3, -0.25) is 9.69 Å². The minimum absolute atomic E-state index is 0.0132. The highest BCUT2D eigenvalue weighted by molar-refractivity contribution is 5.94. The van der Waals surface area contributed by atoms with E-state index in [1.165, 1.54) is 5.56 Å². The third-order valence-corrected chi connectivity index (χ3v) is 4.52. The van der Waals surface area contributed by atoms with Gasteiger partial charge in [-0.05, 0) is 31.5 Å². The maximum Gasteiger partial charge on any atom is 0.254 e. The molecule has 1 aliphatic rings. The van der Waals surface area contributed by atoms with Crippen molar-refractivity contribution in [3.05, 3.63) is 35.4 Å². The van der Waals surface area contributed by atoms with Gasteiger partial charge in [0, 0.05) is 52.5 Å². The Morgan fingerprint density at radius 2 is 1.62 bits per heavy atom. The minimum Gasteiger partial charge on any atom is -0.383 e. The number of hydrogen-bond acceptors (Lipinski definition) is 5. The fourth-order valence-electron chi connectivity index (χ4n) is 3.32. The largest absolute Gasteiger partial charge is 0.383 e. The number of morpholine rings is 1. The van der Waals surface area contributed by atoms with Crippen LogP contribution >= 0.6 is 0 Å².